The number of anilines is 1. The molecule has 2 aromatic carbocycles. The van der Waals surface area contributed by atoms with Gasteiger partial charge in [0.2, 0.25) is 6.79 Å². The maximum atomic E-state index is 13.0. The SMILES string of the molecule is N=C1SC(=Cc2ccc(F)cc2)C(=O)N1c1ccc2c(c1)OCO2. The van der Waals surface area contributed by atoms with Gasteiger partial charge in [0.1, 0.15) is 5.82 Å². The number of nitrogens with one attached hydrogen (secondary N) is 1. The molecule has 5 nitrogen and oxygen atoms in total. The molecule has 2 heterocycles. The Labute approximate surface area is 141 Å². The van der Waals surface area contributed by atoms with Crippen molar-refractivity contribution in [3.8, 4) is 11.5 Å². The number of halogens is 1. The summed E-state index contributed by atoms with van der Waals surface area (Å²) < 4.78 is 23.5. The van der Waals surface area contributed by atoms with Crippen LogP contribution in [0.4, 0.5) is 10.1 Å². The van der Waals surface area contributed by atoms with E-state index in [2.05, 4.69) is 0 Å². The molecule has 0 saturated carbocycles. The van der Waals surface area contributed by atoms with Crippen molar-refractivity contribution in [1.29, 1.82) is 5.41 Å². The topological polar surface area (TPSA) is 62.6 Å². The zero-order valence-electron chi connectivity index (χ0n) is 12.3. The molecule has 0 unspecified atom stereocenters. The number of thioether (sulfide) groups is 1. The third-order valence-electron chi connectivity index (χ3n) is 3.61. The second-order valence-corrected chi connectivity index (χ2v) is 6.18. The van der Waals surface area contributed by atoms with Gasteiger partial charge in [0.25, 0.3) is 5.91 Å². The highest BCUT2D eigenvalue weighted by Crippen LogP contribution is 2.40. The van der Waals surface area contributed by atoms with E-state index < -0.39 is 0 Å². The number of fused-ring (bicyclic) bond motifs is 1. The number of hydrogen-bond donors (Lipinski definition) is 1. The third-order valence-corrected chi connectivity index (χ3v) is 4.49. The smallest absolute Gasteiger partial charge is 0.271 e. The normalized spacial score (nSPS) is 17.9. The average molecular weight is 342 g/mol. The quantitative estimate of drug-likeness (QED) is 0.847. The van der Waals surface area contributed by atoms with Gasteiger partial charge in [0.05, 0.1) is 10.6 Å². The fourth-order valence-electron chi connectivity index (χ4n) is 2.46. The summed E-state index contributed by atoms with van der Waals surface area (Å²) in [6.45, 7) is 0.147. The molecule has 7 heteroatoms. The van der Waals surface area contributed by atoms with Gasteiger partial charge in [-0.05, 0) is 47.7 Å². The van der Waals surface area contributed by atoms with Gasteiger partial charge in [-0.1, -0.05) is 12.1 Å². The Bertz CT molecular complexity index is 880. The third kappa shape index (κ3) is 2.52. The van der Waals surface area contributed by atoms with Gasteiger partial charge in [0, 0.05) is 6.07 Å². The van der Waals surface area contributed by atoms with Gasteiger partial charge < -0.3 is 9.47 Å². The van der Waals surface area contributed by atoms with E-state index in [1.807, 2.05) is 0 Å². The van der Waals surface area contributed by atoms with E-state index in [1.165, 1.54) is 17.0 Å². The van der Waals surface area contributed by atoms with Crippen LogP contribution in [0.1, 0.15) is 5.56 Å². The zero-order valence-corrected chi connectivity index (χ0v) is 13.1. The Morgan fingerprint density at radius 2 is 1.88 bits per heavy atom. The van der Waals surface area contributed by atoms with Crippen LogP contribution >= 0.6 is 11.8 Å². The van der Waals surface area contributed by atoms with Crippen LogP contribution in [0, 0.1) is 11.2 Å². The first-order valence-corrected chi connectivity index (χ1v) is 7.91. The van der Waals surface area contributed by atoms with Crippen molar-refractivity contribution in [1.82, 2.24) is 0 Å². The van der Waals surface area contributed by atoms with Crippen LogP contribution in [0.2, 0.25) is 0 Å². The van der Waals surface area contributed by atoms with E-state index in [9.17, 15) is 9.18 Å². The number of rotatable bonds is 2. The van der Waals surface area contributed by atoms with Gasteiger partial charge in [-0.25, -0.2) is 4.39 Å². The van der Waals surface area contributed by atoms with Crippen LogP contribution in [0.3, 0.4) is 0 Å². The first-order valence-electron chi connectivity index (χ1n) is 7.09. The summed E-state index contributed by atoms with van der Waals surface area (Å²) in [5, 5.41) is 8.20. The van der Waals surface area contributed by atoms with E-state index >= 15 is 0 Å². The first kappa shape index (κ1) is 14.8. The minimum atomic E-state index is -0.336. The predicted octanol–water partition coefficient (Wildman–Crippen LogP) is 3.61. The molecule has 120 valence electrons. The lowest BCUT2D eigenvalue weighted by Gasteiger charge is -2.14. The van der Waals surface area contributed by atoms with Crippen molar-refractivity contribution >= 4 is 34.6 Å². The highest BCUT2D eigenvalue weighted by atomic mass is 32.2. The lowest BCUT2D eigenvalue weighted by Crippen LogP contribution is -2.28. The summed E-state index contributed by atoms with van der Waals surface area (Å²) >= 11 is 1.06. The molecule has 0 aromatic heterocycles. The monoisotopic (exact) mass is 342 g/mol. The molecule has 2 aliphatic heterocycles. The van der Waals surface area contributed by atoms with Crippen molar-refractivity contribution in [2.24, 2.45) is 0 Å². The van der Waals surface area contributed by atoms with Crippen molar-refractivity contribution in [2.45, 2.75) is 0 Å². The summed E-state index contributed by atoms with van der Waals surface area (Å²) in [6.07, 6.45) is 1.65. The fourth-order valence-corrected chi connectivity index (χ4v) is 3.32. The molecule has 4 rings (SSSR count). The number of nitrogens with zero attached hydrogens (tertiary/aromatic N) is 1. The molecular weight excluding hydrogens is 331 g/mol. The summed E-state index contributed by atoms with van der Waals surface area (Å²) in [5.41, 5.74) is 1.25. The summed E-state index contributed by atoms with van der Waals surface area (Å²) in [7, 11) is 0. The van der Waals surface area contributed by atoms with Crippen LogP contribution < -0.4 is 14.4 Å². The second kappa shape index (κ2) is 5.68. The number of carbonyl (C=O) groups excluding carboxylic acids is 1. The molecule has 1 amide bonds. The molecule has 1 N–H and O–H groups in total. The molecule has 0 aliphatic carbocycles. The van der Waals surface area contributed by atoms with E-state index in [4.69, 9.17) is 14.9 Å². The van der Waals surface area contributed by atoms with Crippen molar-refractivity contribution in [3.63, 3.8) is 0 Å². The minimum absolute atomic E-state index is 0.104. The van der Waals surface area contributed by atoms with Crippen molar-refractivity contribution in [2.75, 3.05) is 11.7 Å². The summed E-state index contributed by atoms with van der Waals surface area (Å²) in [6, 6.07) is 10.9. The lowest BCUT2D eigenvalue weighted by molar-refractivity contribution is -0.113. The second-order valence-electron chi connectivity index (χ2n) is 5.15. The molecule has 0 radical (unpaired) electrons. The Hall–Kier alpha value is -2.80. The van der Waals surface area contributed by atoms with Gasteiger partial charge in [-0.15, -0.1) is 0 Å². The summed E-state index contributed by atoms with van der Waals surface area (Å²) in [4.78, 5) is 14.4. The minimum Gasteiger partial charge on any atom is -0.454 e. The van der Waals surface area contributed by atoms with Gasteiger partial charge in [0.15, 0.2) is 16.7 Å². The molecule has 24 heavy (non-hydrogen) atoms. The first-order chi connectivity index (χ1) is 11.6. The molecule has 1 saturated heterocycles. The highest BCUT2D eigenvalue weighted by Gasteiger charge is 2.34. The maximum absolute atomic E-state index is 13.0. The predicted molar refractivity (Wildman–Crippen MR) is 89.7 cm³/mol. The number of ether oxygens (including phenoxy) is 2. The lowest BCUT2D eigenvalue weighted by atomic mass is 10.2. The van der Waals surface area contributed by atoms with E-state index in [0.717, 1.165) is 11.8 Å². The molecule has 1 fully saturated rings. The molecule has 0 atom stereocenters. The van der Waals surface area contributed by atoms with Crippen molar-refractivity contribution < 1.29 is 18.7 Å². The number of hydrogen-bond acceptors (Lipinski definition) is 5. The molecule has 2 aromatic rings. The molecule has 0 spiro atoms. The van der Waals surface area contributed by atoms with Crippen LogP contribution in [0.25, 0.3) is 6.08 Å². The molecule has 0 bridgehead atoms. The van der Waals surface area contributed by atoms with Crippen LogP contribution in [0.5, 0.6) is 11.5 Å². The molecule has 2 aliphatic rings. The average Bonchev–Trinajstić information content (AvgIpc) is 3.14. The van der Waals surface area contributed by atoms with Crippen LogP contribution in [0.15, 0.2) is 47.4 Å². The van der Waals surface area contributed by atoms with E-state index in [-0.39, 0.29) is 23.7 Å². The Balaban J connectivity index is 1.65. The number of amides is 1. The highest BCUT2D eigenvalue weighted by molar-refractivity contribution is 8.19. The van der Waals surface area contributed by atoms with Gasteiger partial charge in [-0.2, -0.15) is 0 Å². The number of amidine groups is 1. The maximum Gasteiger partial charge on any atom is 0.271 e. The zero-order chi connectivity index (χ0) is 16.7. The number of benzene rings is 2. The van der Waals surface area contributed by atoms with Crippen LogP contribution in [-0.2, 0) is 4.79 Å². The summed E-state index contributed by atoms with van der Waals surface area (Å²) in [5.74, 6) is 0.534. The van der Waals surface area contributed by atoms with Crippen molar-refractivity contribution in [3.05, 3.63) is 58.8 Å². The number of carbonyl (C=O) groups is 1. The standard InChI is InChI=1S/C17H11FN2O3S/c18-11-3-1-10(2-4-11)7-15-16(21)20(17(19)24-15)12-5-6-13-14(8-12)23-9-22-13/h1-8,19H,9H2. The van der Waals surface area contributed by atoms with Gasteiger partial charge in [-0.3, -0.25) is 15.1 Å². The fraction of sp³-hybridized carbons (Fsp3) is 0.0588. The Morgan fingerprint density at radius 3 is 2.67 bits per heavy atom. The Kier molecular flexibility index (Phi) is 3.50. The molecular formula is C17H11FN2O3S. The Morgan fingerprint density at radius 1 is 1.12 bits per heavy atom. The van der Waals surface area contributed by atoms with Crippen LogP contribution in [-0.4, -0.2) is 17.9 Å². The van der Waals surface area contributed by atoms with Gasteiger partial charge >= 0.3 is 0 Å². The largest absolute Gasteiger partial charge is 0.454 e. The van der Waals surface area contributed by atoms with E-state index in [0.29, 0.717) is 27.7 Å². The van der Waals surface area contributed by atoms with E-state index in [1.54, 1.807) is 36.4 Å².